The normalized spacial score (nSPS) is 9.54. The Morgan fingerprint density at radius 3 is 2.69 bits per heavy atom. The van der Waals surface area contributed by atoms with Crippen LogP contribution in [0.5, 0.6) is 0 Å². The Labute approximate surface area is 90.8 Å². The van der Waals surface area contributed by atoms with E-state index >= 15 is 0 Å². The van der Waals surface area contributed by atoms with Crippen molar-refractivity contribution >= 4 is 37.5 Å². The molecule has 0 radical (unpaired) electrons. The van der Waals surface area contributed by atoms with Crippen molar-refractivity contribution in [1.29, 1.82) is 0 Å². The fourth-order valence-corrected chi connectivity index (χ4v) is 2.28. The SMILES string of the molecule is Cc1cc(Br)c(F)c(Br)c1N=[N+]=[N-]. The van der Waals surface area contributed by atoms with Crippen LogP contribution in [0.3, 0.4) is 0 Å². The minimum absolute atomic E-state index is 0.178. The molecule has 6 heteroatoms. The summed E-state index contributed by atoms with van der Waals surface area (Å²) in [6, 6.07) is 1.56. The van der Waals surface area contributed by atoms with E-state index in [1.54, 1.807) is 13.0 Å². The monoisotopic (exact) mass is 307 g/mol. The van der Waals surface area contributed by atoms with Crippen LogP contribution in [0.25, 0.3) is 10.4 Å². The second-order valence-electron chi connectivity index (χ2n) is 2.34. The summed E-state index contributed by atoms with van der Waals surface area (Å²) in [4.78, 5) is 2.61. The third-order valence-electron chi connectivity index (χ3n) is 1.47. The summed E-state index contributed by atoms with van der Waals surface area (Å²) < 4.78 is 13.7. The quantitative estimate of drug-likeness (QED) is 0.315. The highest BCUT2D eigenvalue weighted by Crippen LogP contribution is 2.35. The Bertz CT molecular complexity index is 399. The molecule has 0 saturated heterocycles. The molecule has 68 valence electrons. The number of hydrogen-bond acceptors (Lipinski definition) is 1. The van der Waals surface area contributed by atoms with E-state index in [2.05, 4.69) is 41.9 Å². The second kappa shape index (κ2) is 4.09. The lowest BCUT2D eigenvalue weighted by atomic mass is 10.2. The Kier molecular flexibility index (Phi) is 3.30. The van der Waals surface area contributed by atoms with Crippen LogP contribution >= 0.6 is 31.9 Å². The van der Waals surface area contributed by atoms with Gasteiger partial charge in [0.15, 0.2) is 5.82 Å². The Hall–Kier alpha value is -0.580. The first kappa shape index (κ1) is 10.5. The summed E-state index contributed by atoms with van der Waals surface area (Å²) in [5.41, 5.74) is 9.22. The largest absolute Gasteiger partial charge is 0.204 e. The lowest BCUT2D eigenvalue weighted by Crippen LogP contribution is -1.84. The van der Waals surface area contributed by atoms with Gasteiger partial charge in [-0.15, -0.1) is 0 Å². The number of hydrogen-bond donors (Lipinski definition) is 0. The van der Waals surface area contributed by atoms with Gasteiger partial charge in [0.05, 0.1) is 14.6 Å². The third-order valence-corrected chi connectivity index (χ3v) is 2.77. The zero-order chi connectivity index (χ0) is 10.0. The first-order valence-electron chi connectivity index (χ1n) is 3.27. The molecule has 0 aliphatic rings. The van der Waals surface area contributed by atoms with Crippen molar-refractivity contribution in [3.63, 3.8) is 0 Å². The minimum Gasteiger partial charge on any atom is -0.204 e. The molecule has 0 atom stereocenters. The summed E-state index contributed by atoms with van der Waals surface area (Å²) in [5.74, 6) is -0.465. The van der Waals surface area contributed by atoms with E-state index in [1.807, 2.05) is 0 Å². The number of aryl methyl sites for hydroxylation is 1. The maximum Gasteiger partial charge on any atom is 0.152 e. The summed E-state index contributed by atoms with van der Waals surface area (Å²) in [6.07, 6.45) is 0. The molecule has 13 heavy (non-hydrogen) atoms. The molecule has 0 amide bonds. The van der Waals surface area contributed by atoms with Gasteiger partial charge in [0.2, 0.25) is 0 Å². The van der Waals surface area contributed by atoms with Crippen molar-refractivity contribution in [2.24, 2.45) is 5.11 Å². The summed E-state index contributed by atoms with van der Waals surface area (Å²) >= 11 is 6.06. The minimum atomic E-state index is -0.465. The molecule has 0 N–H and O–H groups in total. The van der Waals surface area contributed by atoms with E-state index in [0.29, 0.717) is 10.0 Å². The van der Waals surface area contributed by atoms with E-state index in [1.165, 1.54) is 0 Å². The smallest absolute Gasteiger partial charge is 0.152 e. The molecule has 1 aromatic rings. The fourth-order valence-electron chi connectivity index (χ4n) is 0.871. The molecule has 1 rings (SSSR count). The molecule has 0 unspecified atom stereocenters. The van der Waals surface area contributed by atoms with Gasteiger partial charge in [0, 0.05) is 4.91 Å². The van der Waals surface area contributed by atoms with Gasteiger partial charge < -0.3 is 0 Å². The molecule has 0 heterocycles. The molecule has 0 bridgehead atoms. The number of nitrogens with zero attached hydrogens (tertiary/aromatic N) is 3. The van der Waals surface area contributed by atoms with E-state index < -0.39 is 5.82 Å². The zero-order valence-electron chi connectivity index (χ0n) is 6.55. The fraction of sp³-hybridized carbons (Fsp3) is 0.143. The van der Waals surface area contributed by atoms with Crippen molar-refractivity contribution < 1.29 is 4.39 Å². The molecule has 3 nitrogen and oxygen atoms in total. The van der Waals surface area contributed by atoms with Crippen LogP contribution in [0.4, 0.5) is 10.1 Å². The highest BCUT2D eigenvalue weighted by atomic mass is 79.9. The van der Waals surface area contributed by atoms with Crippen LogP contribution in [0.2, 0.25) is 0 Å². The van der Waals surface area contributed by atoms with Crippen molar-refractivity contribution in [3.05, 3.63) is 36.8 Å². The molecule has 1 aromatic carbocycles. The summed E-state index contributed by atoms with van der Waals surface area (Å²) in [7, 11) is 0. The van der Waals surface area contributed by atoms with Gasteiger partial charge in [-0.1, -0.05) is 5.11 Å². The number of rotatable bonds is 1. The Morgan fingerprint density at radius 2 is 2.15 bits per heavy atom. The molecular formula is C7H4Br2FN3. The Balaban J connectivity index is 3.52. The van der Waals surface area contributed by atoms with Gasteiger partial charge in [-0.05, 0) is 55.9 Å². The van der Waals surface area contributed by atoms with Gasteiger partial charge in [0.1, 0.15) is 0 Å². The molecule has 0 aliphatic heterocycles. The average molecular weight is 309 g/mol. The van der Waals surface area contributed by atoms with Crippen LogP contribution in [0, 0.1) is 12.7 Å². The molecule has 0 saturated carbocycles. The van der Waals surface area contributed by atoms with Gasteiger partial charge in [-0.25, -0.2) is 4.39 Å². The van der Waals surface area contributed by atoms with E-state index in [9.17, 15) is 4.39 Å². The van der Waals surface area contributed by atoms with Crippen molar-refractivity contribution in [2.45, 2.75) is 6.92 Å². The van der Waals surface area contributed by atoms with Crippen LogP contribution in [-0.4, -0.2) is 0 Å². The maximum atomic E-state index is 13.2. The molecule has 0 spiro atoms. The van der Waals surface area contributed by atoms with E-state index in [4.69, 9.17) is 5.53 Å². The molecule has 0 aliphatic carbocycles. The number of azide groups is 1. The third kappa shape index (κ3) is 2.02. The summed E-state index contributed by atoms with van der Waals surface area (Å²) in [6.45, 7) is 1.74. The van der Waals surface area contributed by atoms with Crippen molar-refractivity contribution in [3.8, 4) is 0 Å². The predicted octanol–water partition coefficient (Wildman–Crippen LogP) is 4.60. The highest BCUT2D eigenvalue weighted by molar-refractivity contribution is 9.11. The van der Waals surface area contributed by atoms with Crippen molar-refractivity contribution in [2.75, 3.05) is 0 Å². The standard InChI is InChI=1S/C7H4Br2FN3/c1-3-2-4(8)6(10)5(9)7(3)12-13-11/h2H,1H3. The lowest BCUT2D eigenvalue weighted by Gasteiger charge is -2.04. The molecular weight excluding hydrogens is 305 g/mol. The van der Waals surface area contributed by atoms with Crippen LogP contribution in [0.15, 0.2) is 20.1 Å². The zero-order valence-corrected chi connectivity index (χ0v) is 9.72. The van der Waals surface area contributed by atoms with E-state index in [0.717, 1.165) is 0 Å². The van der Waals surface area contributed by atoms with Crippen LogP contribution in [-0.2, 0) is 0 Å². The van der Waals surface area contributed by atoms with Gasteiger partial charge in [-0.3, -0.25) is 0 Å². The number of halogens is 3. The highest BCUT2D eigenvalue weighted by Gasteiger charge is 2.11. The average Bonchev–Trinajstić information content (AvgIpc) is 2.09. The predicted molar refractivity (Wildman–Crippen MR) is 55.3 cm³/mol. The van der Waals surface area contributed by atoms with Gasteiger partial charge in [-0.2, -0.15) is 0 Å². The lowest BCUT2D eigenvalue weighted by molar-refractivity contribution is 0.614. The molecule has 0 fully saturated rings. The second-order valence-corrected chi connectivity index (χ2v) is 3.99. The maximum absolute atomic E-state index is 13.2. The first-order valence-corrected chi connectivity index (χ1v) is 4.85. The number of benzene rings is 1. The van der Waals surface area contributed by atoms with Crippen LogP contribution in [0.1, 0.15) is 5.56 Å². The molecule has 0 aromatic heterocycles. The van der Waals surface area contributed by atoms with Crippen LogP contribution < -0.4 is 0 Å². The van der Waals surface area contributed by atoms with Gasteiger partial charge >= 0.3 is 0 Å². The summed E-state index contributed by atoms with van der Waals surface area (Å²) in [5, 5.41) is 3.38. The Morgan fingerprint density at radius 1 is 1.54 bits per heavy atom. The topological polar surface area (TPSA) is 48.8 Å². The van der Waals surface area contributed by atoms with Crippen molar-refractivity contribution in [1.82, 2.24) is 0 Å². The first-order chi connectivity index (χ1) is 6.07. The van der Waals surface area contributed by atoms with Gasteiger partial charge in [0.25, 0.3) is 0 Å². The van der Waals surface area contributed by atoms with E-state index in [-0.39, 0.29) is 10.2 Å².